The predicted octanol–water partition coefficient (Wildman–Crippen LogP) is -1.23. The van der Waals surface area contributed by atoms with Crippen molar-refractivity contribution in [2.24, 2.45) is 0 Å². The van der Waals surface area contributed by atoms with E-state index in [9.17, 15) is 14.7 Å². The number of carbonyl (C=O) groups excluding carboxylic acids is 2. The molecule has 0 aromatic rings. The van der Waals surface area contributed by atoms with Crippen LogP contribution in [0.4, 0.5) is 0 Å². The molecule has 0 rings (SSSR count). The molecule has 0 fully saturated rings. The first-order chi connectivity index (χ1) is 6.02. The smallest absolute Gasteiger partial charge is 0.303 e. The quantitative estimate of drug-likeness (QED) is 0.299. The lowest BCUT2D eigenvalue weighted by Crippen LogP contribution is -2.41. The van der Waals surface area contributed by atoms with Crippen LogP contribution in [0.25, 0.3) is 0 Å². The number of esters is 1. The predicted molar refractivity (Wildman–Crippen MR) is 47.5 cm³/mol. The summed E-state index contributed by atoms with van der Waals surface area (Å²) in [6.45, 7) is 1.11. The van der Waals surface area contributed by atoms with Gasteiger partial charge in [0.25, 0.3) is 0 Å². The van der Waals surface area contributed by atoms with Crippen LogP contribution in [0.2, 0.25) is 0 Å². The molecular weight excluding hydrogens is 196 g/mol. The highest BCUT2D eigenvalue weighted by atomic mass is 32.1. The van der Waals surface area contributed by atoms with Crippen molar-refractivity contribution >= 4 is 24.9 Å². The molecule has 6 heteroatoms. The van der Waals surface area contributed by atoms with Crippen molar-refractivity contribution in [3.63, 3.8) is 0 Å². The zero-order valence-corrected chi connectivity index (χ0v) is 7.98. The van der Waals surface area contributed by atoms with Gasteiger partial charge in [0.1, 0.15) is 6.10 Å². The van der Waals surface area contributed by atoms with E-state index in [-0.39, 0.29) is 12.0 Å². The van der Waals surface area contributed by atoms with Crippen molar-refractivity contribution in [2.45, 2.75) is 25.2 Å². The maximum atomic E-state index is 10.4. The number of aliphatic hydroxyl groups excluding tert-OH is 2. The van der Waals surface area contributed by atoms with Crippen LogP contribution < -0.4 is 0 Å². The van der Waals surface area contributed by atoms with E-state index in [1.165, 1.54) is 0 Å². The van der Waals surface area contributed by atoms with Gasteiger partial charge in [0.05, 0.1) is 6.10 Å². The van der Waals surface area contributed by atoms with Gasteiger partial charge in [-0.2, -0.15) is 12.6 Å². The van der Waals surface area contributed by atoms with E-state index in [1.807, 2.05) is 0 Å². The van der Waals surface area contributed by atoms with Crippen molar-refractivity contribution in [3.05, 3.63) is 0 Å². The lowest BCUT2D eigenvalue weighted by atomic mass is 10.1. The Morgan fingerprint density at radius 3 is 2.46 bits per heavy atom. The monoisotopic (exact) mass is 208 g/mol. The fourth-order valence-corrected chi connectivity index (χ4v) is 0.913. The third-order valence-electron chi connectivity index (χ3n) is 1.35. The third-order valence-corrected chi connectivity index (χ3v) is 1.73. The Labute approximate surface area is 81.1 Å². The summed E-state index contributed by atoms with van der Waals surface area (Å²) in [5.41, 5.74) is 0. The summed E-state index contributed by atoms with van der Waals surface area (Å²) in [5.74, 6) is -0.713. The van der Waals surface area contributed by atoms with Crippen molar-refractivity contribution < 1.29 is 24.5 Å². The maximum Gasteiger partial charge on any atom is 0.303 e. The summed E-state index contributed by atoms with van der Waals surface area (Å²) < 4.78 is 4.43. The van der Waals surface area contributed by atoms with Crippen molar-refractivity contribution in [3.8, 4) is 0 Å². The number of carbonyl (C=O) groups is 2. The van der Waals surface area contributed by atoms with Crippen LogP contribution in [0.1, 0.15) is 6.92 Å². The van der Waals surface area contributed by atoms with Crippen LogP contribution in [-0.2, 0) is 14.3 Å². The van der Waals surface area contributed by atoms with E-state index in [2.05, 4.69) is 17.4 Å². The molecule has 0 aliphatic carbocycles. The minimum Gasteiger partial charge on any atom is -0.452 e. The zero-order chi connectivity index (χ0) is 10.4. The van der Waals surface area contributed by atoms with Gasteiger partial charge in [-0.25, -0.2) is 0 Å². The Bertz CT molecular complexity index is 184. The molecule has 0 bridgehead atoms. The molecule has 0 spiro atoms. The Balaban J connectivity index is 4.21. The van der Waals surface area contributed by atoms with Gasteiger partial charge in [-0.15, -0.1) is 0 Å². The molecule has 3 atom stereocenters. The molecule has 0 saturated carbocycles. The molecule has 5 nitrogen and oxygen atoms in total. The van der Waals surface area contributed by atoms with Gasteiger partial charge in [0.2, 0.25) is 0 Å². The van der Waals surface area contributed by atoms with Crippen LogP contribution >= 0.6 is 12.6 Å². The average Bonchev–Trinajstić information content (AvgIpc) is 2.11. The van der Waals surface area contributed by atoms with Gasteiger partial charge in [-0.3, -0.25) is 9.59 Å². The molecular formula is C7H12O5S. The summed E-state index contributed by atoms with van der Waals surface area (Å²) in [4.78, 5) is 20.8. The van der Waals surface area contributed by atoms with Gasteiger partial charge in [-0.05, 0) is 0 Å². The van der Waals surface area contributed by atoms with Crippen molar-refractivity contribution in [2.75, 3.05) is 5.75 Å². The summed E-state index contributed by atoms with van der Waals surface area (Å²) in [6, 6.07) is 0. The van der Waals surface area contributed by atoms with Crippen LogP contribution in [0.3, 0.4) is 0 Å². The number of thiol groups is 1. The van der Waals surface area contributed by atoms with Gasteiger partial charge in [-0.1, -0.05) is 0 Å². The number of aldehydes is 1. The van der Waals surface area contributed by atoms with Gasteiger partial charge in [0, 0.05) is 12.7 Å². The van der Waals surface area contributed by atoms with E-state index in [0.29, 0.717) is 0 Å². The molecule has 0 aromatic heterocycles. The number of aliphatic hydroxyl groups is 2. The molecule has 0 saturated heterocycles. The first kappa shape index (κ1) is 12.4. The second-order valence-electron chi connectivity index (χ2n) is 2.45. The number of hydrogen-bond acceptors (Lipinski definition) is 6. The fourth-order valence-electron chi connectivity index (χ4n) is 0.697. The van der Waals surface area contributed by atoms with Crippen LogP contribution in [0.15, 0.2) is 0 Å². The second kappa shape index (κ2) is 5.95. The Kier molecular flexibility index (Phi) is 5.68. The highest BCUT2D eigenvalue weighted by molar-refractivity contribution is 7.80. The molecule has 0 aliphatic rings. The summed E-state index contributed by atoms with van der Waals surface area (Å²) in [7, 11) is 0. The van der Waals surface area contributed by atoms with E-state index in [0.717, 1.165) is 6.92 Å². The van der Waals surface area contributed by atoms with Crippen molar-refractivity contribution in [1.29, 1.82) is 0 Å². The van der Waals surface area contributed by atoms with E-state index in [4.69, 9.17) is 5.11 Å². The Morgan fingerprint density at radius 2 is 2.15 bits per heavy atom. The minimum atomic E-state index is -1.43. The molecule has 2 N–H and O–H groups in total. The lowest BCUT2D eigenvalue weighted by Gasteiger charge is -2.20. The third kappa shape index (κ3) is 4.25. The highest BCUT2D eigenvalue weighted by Crippen LogP contribution is 2.04. The first-order valence-corrected chi connectivity index (χ1v) is 4.25. The first-order valence-electron chi connectivity index (χ1n) is 3.62. The lowest BCUT2D eigenvalue weighted by molar-refractivity contribution is -0.159. The summed E-state index contributed by atoms with van der Waals surface area (Å²) in [5, 5.41) is 18.3. The van der Waals surface area contributed by atoms with Crippen LogP contribution in [0.5, 0.6) is 0 Å². The second-order valence-corrected chi connectivity index (χ2v) is 2.82. The number of hydrogen-bond donors (Lipinski definition) is 3. The van der Waals surface area contributed by atoms with E-state index in [1.54, 1.807) is 0 Å². The fraction of sp³-hybridized carbons (Fsp3) is 0.714. The van der Waals surface area contributed by atoms with Crippen LogP contribution in [-0.4, -0.2) is 46.5 Å². The molecule has 0 amide bonds. The van der Waals surface area contributed by atoms with Crippen molar-refractivity contribution in [1.82, 2.24) is 0 Å². The zero-order valence-electron chi connectivity index (χ0n) is 7.08. The minimum absolute atomic E-state index is 0.0211. The Hall–Kier alpha value is -0.590. The van der Waals surface area contributed by atoms with Gasteiger partial charge in [0.15, 0.2) is 12.4 Å². The largest absolute Gasteiger partial charge is 0.452 e. The molecule has 0 radical (unpaired) electrons. The summed E-state index contributed by atoms with van der Waals surface area (Å²) >= 11 is 3.71. The molecule has 0 aromatic carbocycles. The van der Waals surface area contributed by atoms with Gasteiger partial charge >= 0.3 is 5.97 Å². The SMILES string of the molecule is CC(=O)O[C@@H](C=O)[C@@H](O)[C@H](O)CS. The van der Waals surface area contributed by atoms with E-state index < -0.39 is 24.3 Å². The molecule has 0 unspecified atom stereocenters. The summed E-state index contributed by atoms with van der Waals surface area (Å²) in [6.07, 6.45) is -3.70. The average molecular weight is 208 g/mol. The van der Waals surface area contributed by atoms with E-state index >= 15 is 0 Å². The van der Waals surface area contributed by atoms with Gasteiger partial charge < -0.3 is 14.9 Å². The highest BCUT2D eigenvalue weighted by Gasteiger charge is 2.27. The number of rotatable bonds is 5. The Morgan fingerprint density at radius 1 is 1.62 bits per heavy atom. The maximum absolute atomic E-state index is 10.4. The normalized spacial score (nSPS) is 17.2. The van der Waals surface area contributed by atoms with Crippen LogP contribution in [0, 0.1) is 0 Å². The molecule has 0 aliphatic heterocycles. The molecule has 13 heavy (non-hydrogen) atoms. The number of ether oxygens (including phenoxy) is 1. The molecule has 0 heterocycles. The standard InChI is InChI=1S/C7H12O5S/c1-4(9)12-6(2-8)7(11)5(10)3-13/h2,5-7,10-11,13H,3H2,1H3/t5-,6+,7+/m1/s1. The topological polar surface area (TPSA) is 83.8 Å². The molecule has 76 valence electrons.